The summed E-state index contributed by atoms with van der Waals surface area (Å²) in [7, 11) is 0. The summed E-state index contributed by atoms with van der Waals surface area (Å²) in [5.74, 6) is 0.684. The van der Waals surface area contributed by atoms with Crippen LogP contribution in [0.15, 0.2) is 48.5 Å². The second-order valence-corrected chi connectivity index (χ2v) is 7.17. The fraction of sp³-hybridized carbons (Fsp3) is 0.316. The summed E-state index contributed by atoms with van der Waals surface area (Å²) in [6.07, 6.45) is -3.62. The van der Waals surface area contributed by atoms with Gasteiger partial charge in [-0.15, -0.1) is 11.8 Å². The van der Waals surface area contributed by atoms with E-state index in [2.05, 4.69) is 5.32 Å². The highest BCUT2D eigenvalue weighted by atomic mass is 32.2. The van der Waals surface area contributed by atoms with Gasteiger partial charge in [0.2, 0.25) is 0 Å². The molecule has 0 aromatic heterocycles. The van der Waals surface area contributed by atoms with Crippen molar-refractivity contribution in [2.75, 3.05) is 17.6 Å². The summed E-state index contributed by atoms with van der Waals surface area (Å²) in [6, 6.07) is 12.4. The van der Waals surface area contributed by atoms with Crippen LogP contribution in [0.25, 0.3) is 0 Å². The minimum Gasteiger partial charge on any atom is -0.308 e. The van der Waals surface area contributed by atoms with Gasteiger partial charge < -0.3 is 10.2 Å². The highest BCUT2D eigenvalue weighted by Crippen LogP contribution is 2.40. The van der Waals surface area contributed by atoms with Crippen LogP contribution >= 0.6 is 11.8 Å². The van der Waals surface area contributed by atoms with Crippen molar-refractivity contribution in [3.63, 3.8) is 0 Å². The molecule has 7 heteroatoms. The first-order chi connectivity index (χ1) is 12.4. The smallest absolute Gasteiger partial charge is 0.308 e. The molecule has 1 fully saturated rings. The average Bonchev–Trinajstić information content (AvgIpc) is 3.11. The van der Waals surface area contributed by atoms with Gasteiger partial charge in [-0.05, 0) is 35.7 Å². The molecule has 3 rings (SSSR count). The van der Waals surface area contributed by atoms with Crippen LogP contribution in [0.5, 0.6) is 0 Å². The first-order valence-electron chi connectivity index (χ1n) is 8.34. The van der Waals surface area contributed by atoms with Crippen LogP contribution in [-0.2, 0) is 12.6 Å². The number of nitrogens with zero attached hydrogens (tertiary/aromatic N) is 1. The minimum atomic E-state index is -4.40. The van der Waals surface area contributed by atoms with Gasteiger partial charge in [0.05, 0.1) is 5.56 Å². The maximum Gasteiger partial charge on any atom is 0.416 e. The van der Waals surface area contributed by atoms with Crippen molar-refractivity contribution in [3.8, 4) is 0 Å². The standard InChI is InChI=1S/C19H19F3N2OS/c1-2-13-6-3-4-9-16(13)23-18(25)24-10-11-26-17(24)14-7-5-8-15(12-14)19(20,21)22/h3-9,12,17H,2,10-11H2,1H3,(H,23,25)/t17-/m0/s1. The van der Waals surface area contributed by atoms with Crippen molar-refractivity contribution in [2.45, 2.75) is 24.9 Å². The van der Waals surface area contributed by atoms with Gasteiger partial charge in [0, 0.05) is 18.0 Å². The first-order valence-corrected chi connectivity index (χ1v) is 9.39. The number of rotatable bonds is 3. The molecule has 1 aliphatic rings. The Morgan fingerprint density at radius 2 is 2.00 bits per heavy atom. The van der Waals surface area contributed by atoms with E-state index >= 15 is 0 Å². The lowest BCUT2D eigenvalue weighted by Gasteiger charge is -2.25. The number of urea groups is 1. The van der Waals surface area contributed by atoms with E-state index in [1.807, 2.05) is 31.2 Å². The van der Waals surface area contributed by atoms with Gasteiger partial charge >= 0.3 is 12.2 Å². The minimum absolute atomic E-state index is 0.293. The molecule has 2 amide bonds. The molecule has 0 aliphatic carbocycles. The Kier molecular flexibility index (Phi) is 5.46. The summed E-state index contributed by atoms with van der Waals surface area (Å²) in [4.78, 5) is 14.3. The lowest BCUT2D eigenvalue weighted by atomic mass is 10.1. The Bertz CT molecular complexity index is 794. The molecule has 26 heavy (non-hydrogen) atoms. The van der Waals surface area contributed by atoms with Gasteiger partial charge in [0.15, 0.2) is 0 Å². The third-order valence-corrected chi connectivity index (χ3v) is 5.55. The summed E-state index contributed by atoms with van der Waals surface area (Å²) < 4.78 is 38.9. The maximum absolute atomic E-state index is 13.0. The molecule has 138 valence electrons. The fourth-order valence-electron chi connectivity index (χ4n) is 2.96. The topological polar surface area (TPSA) is 32.3 Å². The number of benzene rings is 2. The predicted molar refractivity (Wildman–Crippen MR) is 98.2 cm³/mol. The Morgan fingerprint density at radius 1 is 1.23 bits per heavy atom. The molecular weight excluding hydrogens is 361 g/mol. The van der Waals surface area contributed by atoms with E-state index in [1.54, 1.807) is 11.0 Å². The molecule has 1 atom stereocenters. The van der Waals surface area contributed by atoms with Gasteiger partial charge in [0.1, 0.15) is 5.37 Å². The molecule has 0 spiro atoms. The van der Waals surface area contributed by atoms with Crippen LogP contribution in [0.4, 0.5) is 23.7 Å². The highest BCUT2D eigenvalue weighted by molar-refractivity contribution is 7.99. The van der Waals surface area contributed by atoms with Crippen molar-refractivity contribution < 1.29 is 18.0 Å². The van der Waals surface area contributed by atoms with Crippen molar-refractivity contribution >= 4 is 23.5 Å². The van der Waals surface area contributed by atoms with Crippen molar-refractivity contribution in [1.82, 2.24) is 4.90 Å². The third kappa shape index (κ3) is 3.98. The largest absolute Gasteiger partial charge is 0.416 e. The molecule has 0 radical (unpaired) electrons. The predicted octanol–water partition coefficient (Wildman–Crippen LogP) is 5.55. The number of nitrogens with one attached hydrogen (secondary N) is 1. The summed E-state index contributed by atoms with van der Waals surface area (Å²) >= 11 is 1.47. The molecule has 0 unspecified atom stereocenters. The Hall–Kier alpha value is -2.15. The van der Waals surface area contributed by atoms with Crippen molar-refractivity contribution in [1.29, 1.82) is 0 Å². The number of alkyl halides is 3. The van der Waals surface area contributed by atoms with Gasteiger partial charge in [-0.2, -0.15) is 13.2 Å². The van der Waals surface area contributed by atoms with Crippen LogP contribution in [0, 0.1) is 0 Å². The number of carbonyl (C=O) groups is 1. The zero-order valence-electron chi connectivity index (χ0n) is 14.2. The lowest BCUT2D eigenvalue weighted by molar-refractivity contribution is -0.137. The molecule has 1 heterocycles. The Morgan fingerprint density at radius 3 is 2.73 bits per heavy atom. The van der Waals surface area contributed by atoms with E-state index in [9.17, 15) is 18.0 Å². The van der Waals surface area contributed by atoms with Gasteiger partial charge in [-0.3, -0.25) is 0 Å². The number of hydrogen-bond donors (Lipinski definition) is 1. The average molecular weight is 380 g/mol. The van der Waals surface area contributed by atoms with Crippen LogP contribution in [-0.4, -0.2) is 23.2 Å². The normalized spacial score (nSPS) is 17.4. The zero-order valence-corrected chi connectivity index (χ0v) is 15.0. The van der Waals surface area contributed by atoms with Crippen molar-refractivity contribution in [2.24, 2.45) is 0 Å². The van der Waals surface area contributed by atoms with Crippen LogP contribution in [0.2, 0.25) is 0 Å². The lowest BCUT2D eigenvalue weighted by Crippen LogP contribution is -2.34. The summed E-state index contributed by atoms with van der Waals surface area (Å²) in [5, 5.41) is 2.47. The van der Waals surface area contributed by atoms with Crippen LogP contribution < -0.4 is 5.32 Å². The van der Waals surface area contributed by atoms with Gasteiger partial charge in [-0.1, -0.05) is 37.3 Å². The number of anilines is 1. The second kappa shape index (κ2) is 7.61. The molecule has 1 N–H and O–H groups in total. The molecule has 1 aliphatic heterocycles. The van der Waals surface area contributed by atoms with Crippen molar-refractivity contribution in [3.05, 3.63) is 65.2 Å². The first kappa shape index (κ1) is 18.6. The van der Waals surface area contributed by atoms with Gasteiger partial charge in [-0.25, -0.2) is 4.79 Å². The molecular formula is C19H19F3N2OS. The fourth-order valence-corrected chi connectivity index (χ4v) is 4.21. The molecule has 0 saturated carbocycles. The quantitative estimate of drug-likeness (QED) is 0.757. The number of para-hydroxylation sites is 1. The van der Waals surface area contributed by atoms with E-state index < -0.39 is 17.1 Å². The van der Waals surface area contributed by atoms with Gasteiger partial charge in [0.25, 0.3) is 0 Å². The molecule has 1 saturated heterocycles. The van der Waals surface area contributed by atoms with E-state index in [-0.39, 0.29) is 6.03 Å². The highest BCUT2D eigenvalue weighted by Gasteiger charge is 2.34. The van der Waals surface area contributed by atoms with E-state index in [4.69, 9.17) is 0 Å². The van der Waals surface area contributed by atoms with E-state index in [1.165, 1.54) is 17.8 Å². The number of thioether (sulfide) groups is 1. The molecule has 3 nitrogen and oxygen atoms in total. The Balaban J connectivity index is 1.81. The SMILES string of the molecule is CCc1ccccc1NC(=O)N1CCS[C@H]1c1cccc(C(F)(F)F)c1. The second-order valence-electron chi connectivity index (χ2n) is 5.98. The van der Waals surface area contributed by atoms with E-state index in [0.29, 0.717) is 17.9 Å². The number of carbonyl (C=O) groups excluding carboxylic acids is 1. The third-order valence-electron chi connectivity index (χ3n) is 4.29. The Labute approximate surface area is 154 Å². The number of amides is 2. The van der Waals surface area contributed by atoms with Crippen LogP contribution in [0.3, 0.4) is 0 Å². The molecule has 2 aromatic rings. The number of hydrogen-bond acceptors (Lipinski definition) is 2. The summed E-state index contributed by atoms with van der Waals surface area (Å²) in [6.45, 7) is 2.49. The number of halogens is 3. The summed E-state index contributed by atoms with van der Waals surface area (Å²) in [5.41, 5.74) is 1.54. The monoisotopic (exact) mass is 380 g/mol. The maximum atomic E-state index is 13.0. The van der Waals surface area contributed by atoms with Crippen LogP contribution in [0.1, 0.15) is 29.0 Å². The van der Waals surface area contributed by atoms with E-state index in [0.717, 1.165) is 29.8 Å². The molecule has 0 bridgehead atoms. The molecule has 2 aromatic carbocycles. The number of aryl methyl sites for hydroxylation is 1. The zero-order chi connectivity index (χ0) is 18.7.